The standard InChI is InChI=1S/C21H23F2N5O2S/c1-24-20-17(4-7-21(22,23)13-29)10-16(12-25-20)2-3-19(30)28-8-5-15(6-9-28)11-18-26-14-31-27-18/h2-3,10-14H,4-9H2,1H3,(H,24,25)/b3-2+. The van der Waals surface area contributed by atoms with Crippen molar-refractivity contribution >= 4 is 41.7 Å². The minimum absolute atomic E-state index is 0.0143. The van der Waals surface area contributed by atoms with Crippen LogP contribution in [0.5, 0.6) is 0 Å². The number of carbonyl (C=O) groups excluding carboxylic acids is 2. The molecule has 0 atom stereocenters. The van der Waals surface area contributed by atoms with Gasteiger partial charge in [0.25, 0.3) is 0 Å². The number of aryl methyl sites for hydroxylation is 1. The van der Waals surface area contributed by atoms with E-state index in [1.165, 1.54) is 23.2 Å². The van der Waals surface area contributed by atoms with Crippen molar-refractivity contribution in [1.29, 1.82) is 0 Å². The predicted molar refractivity (Wildman–Crippen MR) is 116 cm³/mol. The molecule has 1 aliphatic heterocycles. The first-order chi connectivity index (χ1) is 14.9. The lowest BCUT2D eigenvalue weighted by Crippen LogP contribution is -2.35. The maximum Gasteiger partial charge on any atom is 0.302 e. The highest BCUT2D eigenvalue weighted by molar-refractivity contribution is 7.03. The third-order valence-corrected chi connectivity index (χ3v) is 5.46. The first-order valence-corrected chi connectivity index (χ1v) is 10.7. The van der Waals surface area contributed by atoms with Crippen LogP contribution >= 0.6 is 11.5 Å². The molecule has 1 N–H and O–H groups in total. The topological polar surface area (TPSA) is 88.1 Å². The second kappa shape index (κ2) is 10.3. The number of alkyl halides is 2. The molecular weight excluding hydrogens is 424 g/mol. The monoisotopic (exact) mass is 447 g/mol. The predicted octanol–water partition coefficient (Wildman–Crippen LogP) is 3.46. The van der Waals surface area contributed by atoms with Gasteiger partial charge in [0.1, 0.15) is 11.3 Å². The fourth-order valence-corrected chi connectivity index (χ4v) is 3.66. The van der Waals surface area contributed by atoms with Gasteiger partial charge in [0, 0.05) is 38.8 Å². The van der Waals surface area contributed by atoms with Crippen LogP contribution in [0.25, 0.3) is 12.2 Å². The van der Waals surface area contributed by atoms with Crippen molar-refractivity contribution in [3.8, 4) is 0 Å². The lowest BCUT2D eigenvalue weighted by atomic mass is 10.0. The van der Waals surface area contributed by atoms with Gasteiger partial charge in [-0.25, -0.2) is 9.97 Å². The molecule has 3 rings (SSSR count). The quantitative estimate of drug-likeness (QED) is 0.493. The van der Waals surface area contributed by atoms with Crippen LogP contribution in [0.15, 0.2) is 29.4 Å². The van der Waals surface area contributed by atoms with Crippen molar-refractivity contribution in [2.75, 3.05) is 25.5 Å². The Hall–Kier alpha value is -3.01. The molecule has 1 aliphatic rings. The highest BCUT2D eigenvalue weighted by Crippen LogP contribution is 2.23. The number of rotatable bonds is 8. The van der Waals surface area contributed by atoms with Crippen molar-refractivity contribution in [3.05, 3.63) is 46.4 Å². The number of aldehydes is 1. The van der Waals surface area contributed by atoms with Gasteiger partial charge in [-0.1, -0.05) is 5.57 Å². The molecule has 2 aromatic heterocycles. The van der Waals surface area contributed by atoms with Gasteiger partial charge in [-0.05, 0) is 60.1 Å². The van der Waals surface area contributed by atoms with Crippen LogP contribution in [0.2, 0.25) is 0 Å². The molecule has 164 valence electrons. The molecule has 1 amide bonds. The van der Waals surface area contributed by atoms with E-state index in [0.29, 0.717) is 35.9 Å². The number of halogens is 2. The van der Waals surface area contributed by atoms with Gasteiger partial charge < -0.3 is 10.2 Å². The number of hydrogen-bond donors (Lipinski definition) is 1. The smallest absolute Gasteiger partial charge is 0.302 e. The van der Waals surface area contributed by atoms with E-state index in [1.807, 2.05) is 6.08 Å². The van der Waals surface area contributed by atoms with E-state index in [9.17, 15) is 18.4 Å². The molecule has 0 bridgehead atoms. The Bertz CT molecular complexity index is 966. The number of piperidine rings is 1. The van der Waals surface area contributed by atoms with Gasteiger partial charge in [-0.3, -0.25) is 9.59 Å². The molecule has 0 spiro atoms. The molecule has 0 unspecified atom stereocenters. The molecule has 0 saturated carbocycles. The fraction of sp³-hybridized carbons (Fsp3) is 0.381. The summed E-state index contributed by atoms with van der Waals surface area (Å²) in [6.07, 6.45) is 7.22. The Labute approximate surface area is 183 Å². The molecule has 7 nitrogen and oxygen atoms in total. The summed E-state index contributed by atoms with van der Waals surface area (Å²) in [6, 6.07) is 1.70. The summed E-state index contributed by atoms with van der Waals surface area (Å²) in [4.78, 5) is 33.1. The van der Waals surface area contributed by atoms with Crippen LogP contribution in [-0.2, 0) is 16.0 Å². The zero-order valence-corrected chi connectivity index (χ0v) is 17.9. The molecule has 0 radical (unpaired) electrons. The van der Waals surface area contributed by atoms with Gasteiger partial charge in [0.05, 0.1) is 0 Å². The number of amides is 1. The Morgan fingerprint density at radius 3 is 2.74 bits per heavy atom. The Morgan fingerprint density at radius 1 is 1.32 bits per heavy atom. The van der Waals surface area contributed by atoms with Crippen LogP contribution in [0.3, 0.4) is 0 Å². The van der Waals surface area contributed by atoms with Crippen molar-refractivity contribution in [2.24, 2.45) is 0 Å². The van der Waals surface area contributed by atoms with Crippen molar-refractivity contribution < 1.29 is 18.4 Å². The fourth-order valence-electron chi connectivity index (χ4n) is 3.25. The molecule has 1 saturated heterocycles. The summed E-state index contributed by atoms with van der Waals surface area (Å²) in [5, 5.41) is 2.86. The number of pyridine rings is 1. The first kappa shape index (κ1) is 22.7. The van der Waals surface area contributed by atoms with E-state index >= 15 is 0 Å². The van der Waals surface area contributed by atoms with E-state index in [2.05, 4.69) is 19.7 Å². The van der Waals surface area contributed by atoms with Gasteiger partial charge in [-0.2, -0.15) is 13.2 Å². The summed E-state index contributed by atoms with van der Waals surface area (Å²) >= 11 is 1.31. The third-order valence-electron chi connectivity index (χ3n) is 4.97. The third kappa shape index (κ3) is 6.48. The van der Waals surface area contributed by atoms with Crippen LogP contribution in [0.1, 0.15) is 36.2 Å². The number of likely N-dealkylation sites (tertiary alicyclic amines) is 1. The van der Waals surface area contributed by atoms with Crippen LogP contribution < -0.4 is 5.32 Å². The SMILES string of the molecule is CNc1ncc(/C=C/C(=O)N2CCC(=Cc3ncsn3)CC2)cc1CCC(F)(F)C=O. The number of nitrogens with one attached hydrogen (secondary N) is 1. The van der Waals surface area contributed by atoms with Crippen molar-refractivity contribution in [2.45, 2.75) is 31.6 Å². The molecule has 31 heavy (non-hydrogen) atoms. The molecular formula is C21H23F2N5O2S. The van der Waals surface area contributed by atoms with E-state index in [4.69, 9.17) is 0 Å². The van der Waals surface area contributed by atoms with Crippen molar-refractivity contribution in [3.63, 3.8) is 0 Å². The summed E-state index contributed by atoms with van der Waals surface area (Å²) < 4.78 is 30.7. The van der Waals surface area contributed by atoms with Crippen LogP contribution in [0, 0.1) is 0 Å². The van der Waals surface area contributed by atoms with E-state index in [0.717, 1.165) is 12.8 Å². The normalized spacial score (nSPS) is 14.7. The van der Waals surface area contributed by atoms with E-state index in [1.54, 1.807) is 35.8 Å². The number of carbonyl (C=O) groups is 2. The number of aromatic nitrogens is 3. The minimum atomic E-state index is -3.37. The molecule has 0 aliphatic carbocycles. The lowest BCUT2D eigenvalue weighted by Gasteiger charge is -2.27. The zero-order valence-electron chi connectivity index (χ0n) is 17.1. The average Bonchev–Trinajstić information content (AvgIpc) is 3.29. The number of anilines is 1. The van der Waals surface area contributed by atoms with Gasteiger partial charge in [0.15, 0.2) is 12.1 Å². The summed E-state index contributed by atoms with van der Waals surface area (Å²) in [6.45, 7) is 1.23. The number of hydrogen-bond acceptors (Lipinski definition) is 7. The molecule has 1 fully saturated rings. The first-order valence-electron chi connectivity index (χ1n) is 9.84. The van der Waals surface area contributed by atoms with E-state index in [-0.39, 0.29) is 18.6 Å². The molecule has 2 aromatic rings. The summed E-state index contributed by atoms with van der Waals surface area (Å²) in [5.74, 6) is -2.31. The van der Waals surface area contributed by atoms with E-state index < -0.39 is 12.3 Å². The molecule has 10 heteroatoms. The Balaban J connectivity index is 1.60. The highest BCUT2D eigenvalue weighted by Gasteiger charge is 2.27. The lowest BCUT2D eigenvalue weighted by molar-refractivity contribution is -0.129. The highest BCUT2D eigenvalue weighted by atomic mass is 32.1. The Morgan fingerprint density at radius 2 is 2.10 bits per heavy atom. The zero-order chi connectivity index (χ0) is 22.3. The number of nitrogens with zero attached hydrogens (tertiary/aromatic N) is 4. The average molecular weight is 448 g/mol. The maximum absolute atomic E-state index is 13.3. The van der Waals surface area contributed by atoms with Crippen LogP contribution in [-0.4, -0.2) is 57.5 Å². The largest absolute Gasteiger partial charge is 0.373 e. The summed E-state index contributed by atoms with van der Waals surface area (Å²) in [7, 11) is 1.65. The van der Waals surface area contributed by atoms with Gasteiger partial charge in [-0.15, -0.1) is 0 Å². The molecule has 0 aromatic carbocycles. The summed E-state index contributed by atoms with van der Waals surface area (Å²) in [5.41, 5.74) is 4.09. The van der Waals surface area contributed by atoms with Crippen molar-refractivity contribution in [1.82, 2.24) is 19.2 Å². The minimum Gasteiger partial charge on any atom is -0.373 e. The Kier molecular flexibility index (Phi) is 7.56. The van der Waals surface area contributed by atoms with Gasteiger partial charge >= 0.3 is 5.92 Å². The molecule has 3 heterocycles. The maximum atomic E-state index is 13.3. The van der Waals surface area contributed by atoms with Gasteiger partial charge in [0.2, 0.25) is 5.91 Å². The van der Waals surface area contributed by atoms with Crippen LogP contribution in [0.4, 0.5) is 14.6 Å². The second-order valence-corrected chi connectivity index (χ2v) is 7.76. The second-order valence-electron chi connectivity index (χ2n) is 7.16.